The topological polar surface area (TPSA) is 390 Å². The quantitative estimate of drug-likeness (QED) is 0.00796. The molecule has 11 amide bonds. The third kappa shape index (κ3) is 25.1. The van der Waals surface area contributed by atoms with E-state index in [1.807, 2.05) is 49.6 Å². The molecule has 3 aromatic carbocycles. The lowest BCUT2D eigenvalue weighted by Crippen LogP contribution is -2.54. The van der Waals surface area contributed by atoms with Gasteiger partial charge in [-0.15, -0.1) is 0 Å². The molecule has 1 aliphatic rings. The molecule has 0 spiro atoms. The summed E-state index contributed by atoms with van der Waals surface area (Å²) < 4.78 is 30.8. The van der Waals surface area contributed by atoms with Crippen molar-refractivity contribution in [3.05, 3.63) is 102 Å². The summed E-state index contributed by atoms with van der Waals surface area (Å²) in [6, 6.07) is 15.9. The van der Waals surface area contributed by atoms with Crippen molar-refractivity contribution in [2.24, 2.45) is 17.6 Å². The summed E-state index contributed by atoms with van der Waals surface area (Å²) in [4.78, 5) is 151. The number of unbranched alkanes of at least 4 members (excludes halogenated alkanes) is 2. The van der Waals surface area contributed by atoms with Crippen molar-refractivity contribution in [2.75, 3.05) is 42.3 Å². The van der Waals surface area contributed by atoms with Crippen molar-refractivity contribution in [3.63, 3.8) is 0 Å². The Morgan fingerprint density at radius 3 is 1.84 bits per heavy atom. The van der Waals surface area contributed by atoms with Crippen molar-refractivity contribution in [1.29, 1.82) is 0 Å². The summed E-state index contributed by atoms with van der Waals surface area (Å²) >= 11 is 0. The number of hydrogen-bond donors (Lipinski definition) is 9. The summed E-state index contributed by atoms with van der Waals surface area (Å²) in [6.45, 7) is 20.6. The molecular weight excluding hydrogens is 1280 g/mol. The third-order valence-electron chi connectivity index (χ3n) is 15.5. The molecule has 0 bridgehead atoms. The predicted octanol–water partition coefficient (Wildman–Crippen LogP) is 7.68. The van der Waals surface area contributed by atoms with Gasteiger partial charge in [-0.3, -0.25) is 48.6 Å². The normalized spacial score (nSPS) is 13.5. The molecule has 29 nitrogen and oxygen atoms in total. The highest BCUT2D eigenvalue weighted by Gasteiger charge is 2.32. The van der Waals surface area contributed by atoms with E-state index in [1.54, 1.807) is 97.0 Å². The number of urea groups is 1. The number of alkyl carbamates (subject to hydrolysis) is 1. The number of aromatic nitrogens is 3. The number of hydrogen-bond acceptors (Lipinski definition) is 18. The van der Waals surface area contributed by atoms with Crippen molar-refractivity contribution in [1.82, 2.24) is 46.0 Å². The smallest absolute Gasteiger partial charge is 0.413 e. The lowest BCUT2D eigenvalue weighted by molar-refractivity contribution is -0.146. The number of nitrogens with zero attached hydrogens (tertiary/aromatic N) is 4. The molecule has 0 radical (unpaired) electrons. The second-order valence-electron chi connectivity index (χ2n) is 26.2. The van der Waals surface area contributed by atoms with E-state index >= 15 is 0 Å². The van der Waals surface area contributed by atoms with Crippen LogP contribution in [0.25, 0.3) is 21.9 Å². The van der Waals surface area contributed by atoms with Crippen molar-refractivity contribution >= 4 is 105 Å². The second kappa shape index (κ2) is 37.1. The first kappa shape index (κ1) is 78.0. The van der Waals surface area contributed by atoms with Gasteiger partial charge in [-0.2, -0.15) is 0 Å². The monoisotopic (exact) mass is 1370 g/mol. The molecular formula is C70H95N13O16. The number of carbonyl (C=O) groups is 11. The number of ether oxygens (including phenoxy) is 5. The maximum absolute atomic E-state index is 13.7. The molecule has 99 heavy (non-hydrogen) atoms. The number of imide groups is 1. The fraction of sp³-hybridized carbons (Fsp3) is 0.500. The van der Waals surface area contributed by atoms with E-state index in [-0.39, 0.29) is 107 Å². The van der Waals surface area contributed by atoms with Crippen molar-refractivity contribution < 1.29 is 76.4 Å². The lowest BCUT2D eigenvalue weighted by atomic mass is 10.0. The predicted molar refractivity (Wildman–Crippen MR) is 369 cm³/mol. The van der Waals surface area contributed by atoms with E-state index in [1.165, 1.54) is 19.1 Å². The van der Waals surface area contributed by atoms with E-state index in [4.69, 9.17) is 39.4 Å². The summed E-state index contributed by atoms with van der Waals surface area (Å²) in [5.41, 5.74) is 7.31. The Morgan fingerprint density at radius 1 is 0.616 bits per heavy atom. The molecule has 0 unspecified atom stereocenters. The molecule has 29 heteroatoms. The summed E-state index contributed by atoms with van der Waals surface area (Å²) in [5.74, 6) is -3.73. The van der Waals surface area contributed by atoms with Gasteiger partial charge in [0.15, 0.2) is 5.82 Å². The highest BCUT2D eigenvalue weighted by molar-refractivity contribution is 6.13. The maximum Gasteiger partial charge on any atom is 0.413 e. The number of pyridine rings is 1. The van der Waals surface area contributed by atoms with Crippen LogP contribution in [0.5, 0.6) is 0 Å². The van der Waals surface area contributed by atoms with Gasteiger partial charge in [0.2, 0.25) is 29.5 Å². The van der Waals surface area contributed by atoms with E-state index < -0.39 is 83.2 Å². The van der Waals surface area contributed by atoms with E-state index in [0.29, 0.717) is 77.2 Å². The Labute approximate surface area is 575 Å². The number of imidazole rings is 1. The number of fused-ring (bicyclic) bond motifs is 3. The van der Waals surface area contributed by atoms with E-state index in [9.17, 15) is 52.7 Å². The molecule has 0 saturated carbocycles. The van der Waals surface area contributed by atoms with Gasteiger partial charge in [0.1, 0.15) is 60.9 Å². The van der Waals surface area contributed by atoms with Gasteiger partial charge in [0.05, 0.1) is 23.2 Å². The highest BCUT2D eigenvalue weighted by atomic mass is 16.6. The molecule has 2 aromatic heterocycles. The number of esters is 1. The zero-order valence-corrected chi connectivity index (χ0v) is 58.3. The standard InChI is InChI=1S/C70H95N13O16/c1-12-95-40-52-78-59-60(49-20-15-16-21-50(49)76-61(59)81-67(93)97-39-46-27-29-47(30-28-46)74-62(88)44(6)73-64(90)58(43(4)5)80-68(94)99-69(7,8)9)83(52)41-70(10,11)98-37-19-24-56(87)96-38-45-25-31-48(32-26-45)75-63(89)51(22-18-35-72-66(71)92)77-65(91)57(42(2)3)79-53(84)23-14-13-17-36-82-54(85)33-34-55(82)86/h15-16,20-21,25-34,42-44,51,57-58H,12-14,17-19,22-24,35-41H2,1-11H3,(H,73,90)(H,74,88)(H,75,89)(H,77,91)(H,79,84)(H,80,94)(H3,71,72,92)(H,76,81,93)/t44-,51-,57-,58-/m0/s1. The highest BCUT2D eigenvalue weighted by Crippen LogP contribution is 2.33. The number of nitrogens with two attached hydrogens (primary N) is 1. The van der Waals surface area contributed by atoms with Gasteiger partial charge in [-0.1, -0.05) is 76.6 Å². The molecule has 1 aliphatic heterocycles. The van der Waals surface area contributed by atoms with Gasteiger partial charge in [0.25, 0.3) is 11.8 Å². The summed E-state index contributed by atoms with van der Waals surface area (Å²) in [7, 11) is 0. The van der Waals surface area contributed by atoms with Crippen molar-refractivity contribution in [2.45, 2.75) is 189 Å². The average Bonchev–Trinajstić information content (AvgIpc) is 1.60. The number of benzene rings is 3. The third-order valence-corrected chi connectivity index (χ3v) is 15.5. The number of carbonyl (C=O) groups excluding carboxylic acids is 11. The Bertz CT molecular complexity index is 3680. The Morgan fingerprint density at radius 2 is 1.22 bits per heavy atom. The largest absolute Gasteiger partial charge is 0.461 e. The summed E-state index contributed by atoms with van der Waals surface area (Å²) in [6.07, 6.45) is 3.29. The van der Waals surface area contributed by atoms with E-state index in [2.05, 4.69) is 42.5 Å². The number of anilines is 3. The molecule has 0 aliphatic carbocycles. The van der Waals surface area contributed by atoms with Crippen LogP contribution in [0.4, 0.5) is 31.6 Å². The first-order valence-corrected chi connectivity index (χ1v) is 33.3. The van der Waals surface area contributed by atoms with Gasteiger partial charge in [-0.25, -0.2) is 24.4 Å². The van der Waals surface area contributed by atoms with Crippen LogP contribution in [0, 0.1) is 11.8 Å². The zero-order valence-electron chi connectivity index (χ0n) is 58.3. The molecule has 5 aromatic rings. The number of amides is 11. The Balaban J connectivity index is 0.982. The number of rotatable bonds is 37. The minimum Gasteiger partial charge on any atom is -0.461 e. The van der Waals surface area contributed by atoms with Crippen LogP contribution in [0.15, 0.2) is 84.9 Å². The molecule has 6 rings (SSSR count). The van der Waals surface area contributed by atoms with Crippen LogP contribution in [0.1, 0.15) is 144 Å². The van der Waals surface area contributed by atoms with Crippen molar-refractivity contribution in [3.8, 4) is 0 Å². The fourth-order valence-electron chi connectivity index (χ4n) is 10.4. The Hall–Kier alpha value is -10.0. The number of para-hydroxylation sites is 1. The SMILES string of the molecule is CCOCc1nc2c(NC(=O)OCc3ccc(NC(=O)[C@H](C)NC(=O)[C@@H](NC(=O)OC(C)(C)C)C(C)C)cc3)nc3ccccc3c2n1CC(C)(C)OCCCC(=O)OCc1ccc(NC(=O)[C@H](CCCNC(N)=O)NC(=O)[C@@H](NC(=O)CCCCCN2C(=O)C=CC2=O)C(C)C)cc1. The van der Waals surface area contributed by atoms with Crippen LogP contribution < -0.4 is 48.3 Å². The fourth-order valence-corrected chi connectivity index (χ4v) is 10.4. The molecule has 3 heterocycles. The maximum atomic E-state index is 13.7. The average molecular weight is 1370 g/mol. The lowest BCUT2D eigenvalue weighted by Gasteiger charge is -2.27. The van der Waals surface area contributed by atoms with Crippen LogP contribution in [0.3, 0.4) is 0 Å². The minimum atomic E-state index is -1.08. The molecule has 4 atom stereocenters. The molecule has 10 N–H and O–H groups in total. The van der Waals surface area contributed by atoms with Gasteiger partial charge < -0.3 is 71.2 Å². The second-order valence-corrected chi connectivity index (χ2v) is 26.2. The Kier molecular flexibility index (Phi) is 29.2. The van der Waals surface area contributed by atoms with Crippen LogP contribution in [-0.4, -0.2) is 147 Å². The molecule has 0 fully saturated rings. The van der Waals surface area contributed by atoms with E-state index in [0.717, 1.165) is 10.3 Å². The van der Waals surface area contributed by atoms with Crippen LogP contribution in [-0.2, 0) is 88.4 Å². The first-order chi connectivity index (χ1) is 46.9. The zero-order chi connectivity index (χ0) is 72.6. The first-order valence-electron chi connectivity index (χ1n) is 33.3. The number of primary amides is 1. The van der Waals surface area contributed by atoms with Gasteiger partial charge in [0, 0.05) is 68.1 Å². The van der Waals surface area contributed by atoms with Gasteiger partial charge in [-0.05, 0) is 134 Å². The van der Waals surface area contributed by atoms with Crippen LogP contribution >= 0.6 is 0 Å². The number of nitrogens with one attached hydrogen (secondary N) is 8. The van der Waals surface area contributed by atoms with Crippen LogP contribution in [0.2, 0.25) is 0 Å². The molecule has 0 saturated heterocycles. The van der Waals surface area contributed by atoms with Gasteiger partial charge >= 0.3 is 24.2 Å². The minimum absolute atomic E-state index is 0.0498. The molecule has 536 valence electrons. The summed E-state index contributed by atoms with van der Waals surface area (Å²) in [5, 5.41) is 22.3.